The van der Waals surface area contributed by atoms with Crippen LogP contribution in [-0.2, 0) is 13.2 Å². The Morgan fingerprint density at radius 3 is 2.54 bits per heavy atom. The van der Waals surface area contributed by atoms with Crippen molar-refractivity contribution >= 4 is 5.91 Å². The van der Waals surface area contributed by atoms with Crippen molar-refractivity contribution in [3.63, 3.8) is 0 Å². The summed E-state index contributed by atoms with van der Waals surface area (Å²) in [7, 11) is 0. The van der Waals surface area contributed by atoms with Crippen LogP contribution in [0, 0.1) is 0 Å². The molecular formula is C21H17NO2. The molecule has 3 heteroatoms. The van der Waals surface area contributed by atoms with Crippen molar-refractivity contribution in [3.8, 4) is 16.9 Å². The summed E-state index contributed by atoms with van der Waals surface area (Å²) >= 11 is 0. The first kappa shape index (κ1) is 14.5. The summed E-state index contributed by atoms with van der Waals surface area (Å²) in [6.07, 6.45) is 0. The van der Waals surface area contributed by atoms with Gasteiger partial charge in [0.15, 0.2) is 0 Å². The van der Waals surface area contributed by atoms with Gasteiger partial charge in [-0.1, -0.05) is 60.7 Å². The number of hydrogen-bond acceptors (Lipinski definition) is 2. The van der Waals surface area contributed by atoms with Crippen LogP contribution < -0.4 is 10.1 Å². The maximum Gasteiger partial charge on any atom is 0.251 e. The standard InChI is InChI=1S/C21H17NO2/c23-21-19-12-16(10-11-17(19)13-22-21)18-8-4-5-9-20(18)24-14-15-6-2-1-3-7-15/h1-12H,13-14H2,(H,22,23). The summed E-state index contributed by atoms with van der Waals surface area (Å²) in [5, 5.41) is 2.85. The van der Waals surface area contributed by atoms with Gasteiger partial charge in [-0.05, 0) is 28.8 Å². The number of hydrogen-bond donors (Lipinski definition) is 1. The summed E-state index contributed by atoms with van der Waals surface area (Å²) in [6, 6.07) is 24.0. The Hall–Kier alpha value is -3.07. The first-order valence-electron chi connectivity index (χ1n) is 7.98. The van der Waals surface area contributed by atoms with Crippen molar-refractivity contribution in [2.24, 2.45) is 0 Å². The zero-order valence-electron chi connectivity index (χ0n) is 13.2. The van der Waals surface area contributed by atoms with Gasteiger partial charge in [-0.2, -0.15) is 0 Å². The van der Waals surface area contributed by atoms with Crippen LogP contribution in [0.3, 0.4) is 0 Å². The van der Waals surface area contributed by atoms with Gasteiger partial charge in [0, 0.05) is 17.7 Å². The van der Waals surface area contributed by atoms with Crippen LogP contribution in [0.25, 0.3) is 11.1 Å². The third kappa shape index (κ3) is 2.76. The van der Waals surface area contributed by atoms with Crippen LogP contribution in [0.2, 0.25) is 0 Å². The lowest BCUT2D eigenvalue weighted by Gasteiger charge is -2.12. The molecule has 1 aliphatic heterocycles. The second-order valence-corrected chi connectivity index (χ2v) is 5.83. The molecule has 0 fully saturated rings. The summed E-state index contributed by atoms with van der Waals surface area (Å²) < 4.78 is 6.02. The number of amides is 1. The molecule has 0 aromatic heterocycles. The third-order valence-corrected chi connectivity index (χ3v) is 4.23. The summed E-state index contributed by atoms with van der Waals surface area (Å²) in [5.41, 5.74) is 4.92. The first-order chi connectivity index (χ1) is 11.8. The molecule has 4 rings (SSSR count). The van der Waals surface area contributed by atoms with Gasteiger partial charge < -0.3 is 10.1 Å². The Bertz CT molecular complexity index is 887. The van der Waals surface area contributed by atoms with Crippen molar-refractivity contribution in [1.82, 2.24) is 5.32 Å². The molecule has 1 heterocycles. The van der Waals surface area contributed by atoms with Gasteiger partial charge in [-0.15, -0.1) is 0 Å². The van der Waals surface area contributed by atoms with Gasteiger partial charge in [0.05, 0.1) is 0 Å². The van der Waals surface area contributed by atoms with Crippen molar-refractivity contribution in [2.45, 2.75) is 13.2 Å². The molecule has 3 aromatic carbocycles. The topological polar surface area (TPSA) is 38.3 Å². The fourth-order valence-electron chi connectivity index (χ4n) is 2.95. The van der Waals surface area contributed by atoms with Crippen molar-refractivity contribution in [1.29, 1.82) is 0 Å². The molecule has 0 atom stereocenters. The molecule has 24 heavy (non-hydrogen) atoms. The monoisotopic (exact) mass is 315 g/mol. The molecule has 0 unspecified atom stereocenters. The van der Waals surface area contributed by atoms with E-state index in [4.69, 9.17) is 4.74 Å². The minimum absolute atomic E-state index is 0.00506. The van der Waals surface area contributed by atoms with Crippen LogP contribution >= 0.6 is 0 Å². The number of fused-ring (bicyclic) bond motifs is 1. The predicted molar refractivity (Wildman–Crippen MR) is 93.8 cm³/mol. The Morgan fingerprint density at radius 1 is 0.875 bits per heavy atom. The fourth-order valence-corrected chi connectivity index (χ4v) is 2.95. The second kappa shape index (κ2) is 6.20. The predicted octanol–water partition coefficient (Wildman–Crippen LogP) is 4.18. The van der Waals surface area contributed by atoms with E-state index in [1.807, 2.05) is 72.8 Å². The molecule has 1 aliphatic rings. The highest BCUT2D eigenvalue weighted by Crippen LogP contribution is 2.32. The molecule has 0 radical (unpaired) electrons. The summed E-state index contributed by atoms with van der Waals surface area (Å²) in [6.45, 7) is 1.13. The Labute approximate surface area is 140 Å². The molecule has 0 spiro atoms. The minimum atomic E-state index is -0.00506. The van der Waals surface area contributed by atoms with Crippen LogP contribution in [-0.4, -0.2) is 5.91 Å². The number of carbonyl (C=O) groups excluding carboxylic acids is 1. The lowest BCUT2D eigenvalue weighted by molar-refractivity contribution is 0.0966. The van der Waals surface area contributed by atoms with Crippen molar-refractivity contribution in [2.75, 3.05) is 0 Å². The molecule has 118 valence electrons. The van der Waals surface area contributed by atoms with E-state index in [-0.39, 0.29) is 5.91 Å². The molecule has 0 bridgehead atoms. The Kier molecular flexibility index (Phi) is 3.75. The zero-order chi connectivity index (χ0) is 16.4. The van der Waals surface area contributed by atoms with E-state index in [2.05, 4.69) is 5.32 Å². The van der Waals surface area contributed by atoms with E-state index in [1.54, 1.807) is 0 Å². The molecule has 0 saturated carbocycles. The average molecular weight is 315 g/mol. The highest BCUT2D eigenvalue weighted by molar-refractivity contribution is 5.99. The minimum Gasteiger partial charge on any atom is -0.488 e. The molecule has 3 aromatic rings. The van der Waals surface area contributed by atoms with Crippen molar-refractivity contribution in [3.05, 3.63) is 89.5 Å². The Balaban J connectivity index is 1.64. The van der Waals surface area contributed by atoms with Gasteiger partial charge in [0.1, 0.15) is 12.4 Å². The number of para-hydroxylation sites is 1. The van der Waals surface area contributed by atoms with Crippen LogP contribution in [0.15, 0.2) is 72.8 Å². The number of rotatable bonds is 4. The quantitative estimate of drug-likeness (QED) is 0.784. The van der Waals surface area contributed by atoms with Gasteiger partial charge in [-0.25, -0.2) is 0 Å². The molecule has 1 N–H and O–H groups in total. The highest BCUT2D eigenvalue weighted by Gasteiger charge is 2.19. The highest BCUT2D eigenvalue weighted by atomic mass is 16.5. The summed E-state index contributed by atoms with van der Waals surface area (Å²) in [4.78, 5) is 11.9. The molecule has 3 nitrogen and oxygen atoms in total. The van der Waals surface area contributed by atoms with Gasteiger partial charge in [0.2, 0.25) is 0 Å². The first-order valence-corrected chi connectivity index (χ1v) is 7.98. The maximum atomic E-state index is 11.9. The normalized spacial score (nSPS) is 12.6. The van der Waals surface area contributed by atoms with Crippen LogP contribution in [0.5, 0.6) is 5.75 Å². The Morgan fingerprint density at radius 2 is 1.67 bits per heavy atom. The second-order valence-electron chi connectivity index (χ2n) is 5.83. The average Bonchev–Trinajstić information content (AvgIpc) is 3.02. The SMILES string of the molecule is O=C1NCc2ccc(-c3ccccc3OCc3ccccc3)cc21. The van der Waals surface area contributed by atoms with E-state index in [9.17, 15) is 4.79 Å². The van der Waals surface area contributed by atoms with Crippen LogP contribution in [0.4, 0.5) is 0 Å². The van der Waals surface area contributed by atoms with Gasteiger partial charge in [0.25, 0.3) is 5.91 Å². The number of ether oxygens (including phenoxy) is 1. The van der Waals surface area contributed by atoms with E-state index in [1.165, 1.54) is 0 Å². The van der Waals surface area contributed by atoms with Crippen LogP contribution in [0.1, 0.15) is 21.5 Å². The summed E-state index contributed by atoms with van der Waals surface area (Å²) in [5.74, 6) is 0.814. The largest absolute Gasteiger partial charge is 0.488 e. The fraction of sp³-hybridized carbons (Fsp3) is 0.0952. The number of benzene rings is 3. The molecule has 1 amide bonds. The van der Waals surface area contributed by atoms with E-state index in [0.29, 0.717) is 13.2 Å². The lowest BCUT2D eigenvalue weighted by atomic mass is 9.99. The number of nitrogens with one attached hydrogen (secondary N) is 1. The third-order valence-electron chi connectivity index (χ3n) is 4.23. The van der Waals surface area contributed by atoms with Gasteiger partial charge in [-0.3, -0.25) is 4.79 Å². The molecular weight excluding hydrogens is 298 g/mol. The molecule has 0 aliphatic carbocycles. The van der Waals surface area contributed by atoms with E-state index in [0.717, 1.165) is 33.6 Å². The van der Waals surface area contributed by atoms with E-state index < -0.39 is 0 Å². The van der Waals surface area contributed by atoms with Crippen molar-refractivity contribution < 1.29 is 9.53 Å². The lowest BCUT2D eigenvalue weighted by Crippen LogP contribution is -2.12. The molecule has 0 saturated heterocycles. The zero-order valence-corrected chi connectivity index (χ0v) is 13.2. The number of carbonyl (C=O) groups is 1. The van der Waals surface area contributed by atoms with Gasteiger partial charge >= 0.3 is 0 Å². The maximum absolute atomic E-state index is 11.9. The smallest absolute Gasteiger partial charge is 0.251 e. The van der Waals surface area contributed by atoms with E-state index >= 15 is 0 Å².